The summed E-state index contributed by atoms with van der Waals surface area (Å²) in [4.78, 5) is 17.9. The molecule has 0 saturated heterocycles. The normalized spacial score (nSPS) is 14.2. The summed E-state index contributed by atoms with van der Waals surface area (Å²) in [5, 5.41) is 0. The lowest BCUT2D eigenvalue weighted by atomic mass is 9.83. The smallest absolute Gasteiger partial charge is 0.192 e. The third-order valence-corrected chi connectivity index (χ3v) is 4.30. The van der Waals surface area contributed by atoms with Crippen molar-refractivity contribution >= 4 is 28.2 Å². The molecule has 0 radical (unpaired) electrons. The molecular formula is C17H18BrN3O. The number of rotatable bonds is 4. The lowest BCUT2D eigenvalue weighted by Gasteiger charge is -2.39. The zero-order valence-corrected chi connectivity index (χ0v) is 14.1. The van der Waals surface area contributed by atoms with Crippen LogP contribution in [0.25, 0.3) is 0 Å². The Morgan fingerprint density at radius 3 is 2.18 bits per heavy atom. The molecule has 114 valence electrons. The van der Waals surface area contributed by atoms with Crippen molar-refractivity contribution in [2.45, 2.75) is 5.54 Å². The van der Waals surface area contributed by atoms with Crippen LogP contribution >= 0.6 is 15.9 Å². The highest BCUT2D eigenvalue weighted by Gasteiger charge is 2.39. The molecule has 0 bridgehead atoms. The average Bonchev–Trinajstić information content (AvgIpc) is 2.57. The molecule has 2 aromatic rings. The lowest BCUT2D eigenvalue weighted by molar-refractivity contribution is -0.114. The number of guanidine groups is 1. The van der Waals surface area contributed by atoms with Crippen LogP contribution in [0, 0.1) is 0 Å². The van der Waals surface area contributed by atoms with Crippen LogP contribution in [0.15, 0.2) is 64.1 Å². The second-order valence-corrected chi connectivity index (χ2v) is 5.81. The molecule has 0 amide bonds. The summed E-state index contributed by atoms with van der Waals surface area (Å²) in [7, 11) is 3.37. The van der Waals surface area contributed by atoms with Gasteiger partial charge in [0.25, 0.3) is 0 Å². The monoisotopic (exact) mass is 359 g/mol. The molecule has 22 heavy (non-hydrogen) atoms. The fourth-order valence-corrected chi connectivity index (χ4v) is 2.76. The van der Waals surface area contributed by atoms with Crippen molar-refractivity contribution in [2.75, 3.05) is 14.1 Å². The number of likely N-dealkylation sites (N-methyl/N-ethyl adjacent to an activating group) is 1. The van der Waals surface area contributed by atoms with Crippen LogP contribution in [0.2, 0.25) is 0 Å². The van der Waals surface area contributed by atoms with Gasteiger partial charge in [-0.25, -0.2) is 0 Å². The van der Waals surface area contributed by atoms with Gasteiger partial charge in [0, 0.05) is 18.6 Å². The van der Waals surface area contributed by atoms with Crippen molar-refractivity contribution in [3.8, 4) is 0 Å². The summed E-state index contributed by atoms with van der Waals surface area (Å²) >= 11 is 3.42. The fourth-order valence-electron chi connectivity index (χ4n) is 2.50. The number of hydrogen-bond donors (Lipinski definition) is 1. The molecule has 5 heteroatoms. The molecule has 0 fully saturated rings. The van der Waals surface area contributed by atoms with Crippen LogP contribution in [0.1, 0.15) is 11.1 Å². The summed E-state index contributed by atoms with van der Waals surface area (Å²) < 4.78 is 0.948. The van der Waals surface area contributed by atoms with Gasteiger partial charge < -0.3 is 10.6 Å². The zero-order chi connectivity index (χ0) is 16.2. The van der Waals surface area contributed by atoms with Gasteiger partial charge in [0.2, 0.25) is 0 Å². The minimum atomic E-state index is -1.02. The highest BCUT2D eigenvalue weighted by molar-refractivity contribution is 9.10. The van der Waals surface area contributed by atoms with Crippen LogP contribution in [0.5, 0.6) is 0 Å². The predicted octanol–water partition coefficient (Wildman–Crippen LogP) is 2.77. The van der Waals surface area contributed by atoms with Crippen molar-refractivity contribution in [3.63, 3.8) is 0 Å². The zero-order valence-electron chi connectivity index (χ0n) is 12.5. The largest absolute Gasteiger partial charge is 0.370 e. The Morgan fingerprint density at radius 1 is 1.14 bits per heavy atom. The van der Waals surface area contributed by atoms with E-state index in [4.69, 9.17) is 5.73 Å². The summed E-state index contributed by atoms with van der Waals surface area (Å²) in [5.74, 6) is 0.291. The molecule has 0 aliphatic heterocycles. The summed E-state index contributed by atoms with van der Waals surface area (Å²) in [5.41, 5.74) is 6.63. The van der Waals surface area contributed by atoms with Crippen molar-refractivity contribution in [1.82, 2.24) is 4.90 Å². The highest BCUT2D eigenvalue weighted by Crippen LogP contribution is 2.34. The van der Waals surface area contributed by atoms with E-state index in [1.54, 1.807) is 19.0 Å². The fraction of sp³-hybridized carbons (Fsp3) is 0.176. The van der Waals surface area contributed by atoms with E-state index in [2.05, 4.69) is 20.9 Å². The van der Waals surface area contributed by atoms with Gasteiger partial charge in [-0.2, -0.15) is 0 Å². The van der Waals surface area contributed by atoms with Crippen molar-refractivity contribution in [2.24, 2.45) is 10.7 Å². The maximum atomic E-state index is 12.2. The molecule has 4 nitrogen and oxygen atoms in total. The molecule has 0 saturated carbocycles. The van der Waals surface area contributed by atoms with Gasteiger partial charge in [0.15, 0.2) is 12.2 Å². The summed E-state index contributed by atoms with van der Waals surface area (Å²) in [6.07, 6.45) is 0.906. The van der Waals surface area contributed by atoms with Gasteiger partial charge in [-0.1, -0.05) is 58.4 Å². The molecule has 0 aliphatic carbocycles. The Hall–Kier alpha value is -2.14. The van der Waals surface area contributed by atoms with E-state index in [1.807, 2.05) is 54.6 Å². The van der Waals surface area contributed by atoms with Crippen LogP contribution in [0.3, 0.4) is 0 Å². The van der Waals surface area contributed by atoms with Crippen molar-refractivity contribution < 1.29 is 4.79 Å². The van der Waals surface area contributed by atoms with Crippen LogP contribution in [0.4, 0.5) is 0 Å². The van der Waals surface area contributed by atoms with E-state index in [0.29, 0.717) is 5.96 Å². The molecule has 2 rings (SSSR count). The first-order valence-corrected chi connectivity index (χ1v) is 7.59. The van der Waals surface area contributed by atoms with Gasteiger partial charge in [-0.15, -0.1) is 0 Å². The summed E-state index contributed by atoms with van der Waals surface area (Å²) in [6, 6.07) is 17.2. The number of carbonyl (C=O) groups excluding carboxylic acids is 1. The van der Waals surface area contributed by atoms with Gasteiger partial charge in [-0.05, 0) is 23.3 Å². The Kier molecular flexibility index (Phi) is 4.98. The number of nitrogens with two attached hydrogens (primary N) is 1. The third kappa shape index (κ3) is 2.76. The quantitative estimate of drug-likeness (QED) is 0.518. The van der Waals surface area contributed by atoms with E-state index in [1.165, 1.54) is 0 Å². The van der Waals surface area contributed by atoms with Gasteiger partial charge in [-0.3, -0.25) is 9.79 Å². The molecule has 2 aromatic carbocycles. The molecule has 0 aliphatic rings. The molecule has 1 unspecified atom stereocenters. The minimum Gasteiger partial charge on any atom is -0.370 e. The molecule has 1 atom stereocenters. The standard InChI is InChI=1S/C17H18BrN3O/c1-20-16(19)21(2)17(12-22,13-6-4-3-5-7-13)14-8-10-15(18)11-9-14/h3-12H,1-2H3,(H2,19,20). The highest BCUT2D eigenvalue weighted by atomic mass is 79.9. The van der Waals surface area contributed by atoms with Crippen LogP contribution < -0.4 is 5.73 Å². The predicted molar refractivity (Wildman–Crippen MR) is 92.7 cm³/mol. The number of benzene rings is 2. The van der Waals surface area contributed by atoms with Gasteiger partial charge in [0.1, 0.15) is 5.54 Å². The molecule has 2 N–H and O–H groups in total. The van der Waals surface area contributed by atoms with Crippen molar-refractivity contribution in [1.29, 1.82) is 0 Å². The summed E-state index contributed by atoms with van der Waals surface area (Å²) in [6.45, 7) is 0. The van der Waals surface area contributed by atoms with Gasteiger partial charge in [0.05, 0.1) is 0 Å². The van der Waals surface area contributed by atoms with E-state index >= 15 is 0 Å². The number of halogens is 1. The van der Waals surface area contributed by atoms with Crippen LogP contribution in [-0.4, -0.2) is 31.2 Å². The van der Waals surface area contributed by atoms with Crippen LogP contribution in [-0.2, 0) is 10.3 Å². The second kappa shape index (κ2) is 6.75. The first-order chi connectivity index (χ1) is 10.6. The number of aldehydes is 1. The number of carbonyl (C=O) groups is 1. The molecule has 0 aromatic heterocycles. The Bertz CT molecular complexity index is 670. The lowest BCUT2D eigenvalue weighted by Crippen LogP contribution is -2.52. The molecule has 0 heterocycles. The first-order valence-electron chi connectivity index (χ1n) is 6.80. The Labute approximate surface area is 138 Å². The molecule has 0 spiro atoms. The average molecular weight is 360 g/mol. The maximum absolute atomic E-state index is 12.2. The Balaban J connectivity index is 2.72. The number of hydrogen-bond acceptors (Lipinski definition) is 2. The minimum absolute atomic E-state index is 0.291. The topological polar surface area (TPSA) is 58.7 Å². The Morgan fingerprint density at radius 2 is 1.68 bits per heavy atom. The molecular weight excluding hydrogens is 342 g/mol. The van der Waals surface area contributed by atoms with E-state index in [0.717, 1.165) is 21.9 Å². The maximum Gasteiger partial charge on any atom is 0.192 e. The SMILES string of the molecule is CN=C(N)N(C)C(C=O)(c1ccccc1)c1ccc(Br)cc1. The third-order valence-electron chi connectivity index (χ3n) is 3.77. The van der Waals surface area contributed by atoms with Gasteiger partial charge >= 0.3 is 0 Å². The van der Waals surface area contributed by atoms with Crippen molar-refractivity contribution in [3.05, 3.63) is 70.2 Å². The van der Waals surface area contributed by atoms with E-state index in [-0.39, 0.29) is 0 Å². The van der Waals surface area contributed by atoms with E-state index < -0.39 is 5.54 Å². The first kappa shape index (κ1) is 16.2. The number of nitrogens with zero attached hydrogens (tertiary/aromatic N) is 2. The van der Waals surface area contributed by atoms with E-state index in [9.17, 15) is 4.79 Å². The second-order valence-electron chi connectivity index (χ2n) is 4.90. The number of aliphatic imine (C=N–C) groups is 1.